The fourth-order valence-corrected chi connectivity index (χ4v) is 1.03. The molecule has 0 aromatic heterocycles. The van der Waals surface area contributed by atoms with E-state index in [1.165, 1.54) is 0 Å². The summed E-state index contributed by atoms with van der Waals surface area (Å²) in [6.45, 7) is 9.99. The van der Waals surface area contributed by atoms with Gasteiger partial charge in [0.15, 0.2) is 0 Å². The van der Waals surface area contributed by atoms with Gasteiger partial charge in [-0.15, -0.1) is 12.4 Å². The number of halogens is 1. The fourth-order valence-electron chi connectivity index (χ4n) is 1.03. The van der Waals surface area contributed by atoms with E-state index in [0.29, 0.717) is 13.1 Å². The van der Waals surface area contributed by atoms with E-state index >= 15 is 0 Å². The van der Waals surface area contributed by atoms with Crippen LogP contribution in [0, 0.1) is 11.3 Å². The molecule has 0 heterocycles. The predicted octanol–water partition coefficient (Wildman–Crippen LogP) is 0.670. The number of amides is 2. The molecule has 0 spiro atoms. The summed E-state index contributed by atoms with van der Waals surface area (Å²) in [5, 5.41) is 5.50. The summed E-state index contributed by atoms with van der Waals surface area (Å²) < 4.78 is 0. The molecule has 0 rings (SSSR count). The van der Waals surface area contributed by atoms with Crippen LogP contribution in [0.3, 0.4) is 0 Å². The van der Waals surface area contributed by atoms with Crippen molar-refractivity contribution in [2.45, 2.75) is 40.7 Å². The second-order valence-electron chi connectivity index (χ2n) is 5.44. The van der Waals surface area contributed by atoms with Gasteiger partial charge in [0.25, 0.3) is 0 Å². The minimum Gasteiger partial charge on any atom is -0.354 e. The summed E-state index contributed by atoms with van der Waals surface area (Å²) in [6, 6.07) is -0.167. The van der Waals surface area contributed by atoms with Crippen molar-refractivity contribution in [1.29, 1.82) is 0 Å². The summed E-state index contributed by atoms with van der Waals surface area (Å²) in [6.07, 6.45) is 0. The first-order valence-electron chi connectivity index (χ1n) is 5.98. The number of nitrogens with one attached hydrogen (secondary N) is 2. The Kier molecular flexibility index (Phi) is 9.03. The molecule has 2 unspecified atom stereocenters. The van der Waals surface area contributed by atoms with Crippen molar-refractivity contribution in [3.05, 3.63) is 0 Å². The zero-order valence-corrected chi connectivity index (χ0v) is 12.7. The summed E-state index contributed by atoms with van der Waals surface area (Å²) in [5.41, 5.74) is 5.22. The first-order chi connectivity index (χ1) is 7.66. The van der Waals surface area contributed by atoms with Crippen LogP contribution in [0.2, 0.25) is 0 Å². The smallest absolute Gasteiger partial charge is 0.225 e. The van der Waals surface area contributed by atoms with Crippen LogP contribution in [-0.2, 0) is 9.59 Å². The Morgan fingerprint density at radius 3 is 1.94 bits per heavy atom. The third kappa shape index (κ3) is 7.50. The molecule has 0 aromatic rings. The maximum absolute atomic E-state index is 11.5. The molecule has 0 aliphatic carbocycles. The fraction of sp³-hybridized carbons (Fsp3) is 0.833. The van der Waals surface area contributed by atoms with E-state index in [4.69, 9.17) is 5.73 Å². The first kappa shape index (κ1) is 19.5. The molecule has 18 heavy (non-hydrogen) atoms. The van der Waals surface area contributed by atoms with Crippen molar-refractivity contribution < 1.29 is 9.59 Å². The molecule has 0 fully saturated rings. The lowest BCUT2D eigenvalue weighted by molar-refractivity contribution is -0.129. The number of nitrogens with two attached hydrogens (primary N) is 1. The lowest BCUT2D eigenvalue weighted by Gasteiger charge is -2.18. The summed E-state index contributed by atoms with van der Waals surface area (Å²) in [7, 11) is 0. The highest BCUT2D eigenvalue weighted by Gasteiger charge is 2.20. The van der Waals surface area contributed by atoms with Gasteiger partial charge in [0.05, 0.1) is 0 Å². The van der Waals surface area contributed by atoms with E-state index < -0.39 is 5.41 Å². The van der Waals surface area contributed by atoms with Crippen LogP contribution in [0.1, 0.15) is 34.6 Å². The maximum Gasteiger partial charge on any atom is 0.225 e. The third-order valence-electron chi connectivity index (χ3n) is 2.59. The molecule has 0 saturated heterocycles. The van der Waals surface area contributed by atoms with Gasteiger partial charge in [-0.2, -0.15) is 0 Å². The monoisotopic (exact) mass is 279 g/mol. The minimum absolute atomic E-state index is 0. The molecular formula is C12H26ClN3O2. The van der Waals surface area contributed by atoms with Gasteiger partial charge in [-0.05, 0) is 6.92 Å². The number of carbonyl (C=O) groups is 2. The lowest BCUT2D eigenvalue weighted by atomic mass is 9.96. The summed E-state index contributed by atoms with van der Waals surface area (Å²) in [5.74, 6) is -0.315. The van der Waals surface area contributed by atoms with Crippen LogP contribution in [0.25, 0.3) is 0 Å². The Hall–Kier alpha value is -0.810. The lowest BCUT2D eigenvalue weighted by Crippen LogP contribution is -2.43. The van der Waals surface area contributed by atoms with Gasteiger partial charge in [0, 0.05) is 30.5 Å². The standard InChI is InChI=1S/C12H25N3O2.ClH/c1-8(9(2)13)10(16)14-6-7-15-11(17)12(3,4)5;/h8-9H,6-7,13H2,1-5H3,(H,14,16)(H,15,17);1H. The largest absolute Gasteiger partial charge is 0.354 e. The number of carbonyl (C=O) groups excluding carboxylic acids is 2. The van der Waals surface area contributed by atoms with Gasteiger partial charge in [-0.3, -0.25) is 9.59 Å². The van der Waals surface area contributed by atoms with Crippen molar-refractivity contribution in [3.8, 4) is 0 Å². The summed E-state index contributed by atoms with van der Waals surface area (Å²) >= 11 is 0. The molecule has 0 radical (unpaired) electrons. The van der Waals surface area contributed by atoms with Crippen LogP contribution in [0.15, 0.2) is 0 Å². The molecule has 5 nitrogen and oxygen atoms in total. The van der Waals surface area contributed by atoms with Gasteiger partial charge in [0.1, 0.15) is 0 Å². The molecule has 4 N–H and O–H groups in total. The van der Waals surface area contributed by atoms with E-state index in [9.17, 15) is 9.59 Å². The van der Waals surface area contributed by atoms with Crippen molar-refractivity contribution in [1.82, 2.24) is 10.6 Å². The van der Waals surface area contributed by atoms with E-state index in [1.807, 2.05) is 20.8 Å². The second-order valence-corrected chi connectivity index (χ2v) is 5.44. The van der Waals surface area contributed by atoms with Gasteiger partial charge in [0.2, 0.25) is 11.8 Å². The average Bonchev–Trinajstić information content (AvgIpc) is 2.20. The third-order valence-corrected chi connectivity index (χ3v) is 2.59. The molecule has 0 aliphatic rings. The van der Waals surface area contributed by atoms with E-state index in [-0.39, 0.29) is 36.2 Å². The number of rotatable bonds is 5. The molecular weight excluding hydrogens is 254 g/mol. The van der Waals surface area contributed by atoms with E-state index in [0.717, 1.165) is 0 Å². The Morgan fingerprint density at radius 1 is 1.11 bits per heavy atom. The van der Waals surface area contributed by atoms with Crippen LogP contribution < -0.4 is 16.4 Å². The van der Waals surface area contributed by atoms with Crippen LogP contribution in [-0.4, -0.2) is 30.9 Å². The Morgan fingerprint density at radius 2 is 1.56 bits per heavy atom. The second kappa shape index (κ2) is 8.32. The van der Waals surface area contributed by atoms with Crippen molar-refractivity contribution in [3.63, 3.8) is 0 Å². The topological polar surface area (TPSA) is 84.2 Å². The number of hydrogen-bond acceptors (Lipinski definition) is 3. The quantitative estimate of drug-likeness (QED) is 0.647. The molecule has 0 aliphatic heterocycles. The maximum atomic E-state index is 11.5. The highest BCUT2D eigenvalue weighted by molar-refractivity contribution is 5.85. The molecule has 0 aromatic carbocycles. The van der Waals surface area contributed by atoms with Gasteiger partial charge < -0.3 is 16.4 Å². The van der Waals surface area contributed by atoms with Crippen LogP contribution in [0.4, 0.5) is 0 Å². The normalized spacial score (nSPS) is 14.1. The minimum atomic E-state index is -0.400. The highest BCUT2D eigenvalue weighted by atomic mass is 35.5. The molecule has 2 amide bonds. The summed E-state index contributed by atoms with van der Waals surface area (Å²) in [4.78, 5) is 23.0. The van der Waals surface area contributed by atoms with Crippen molar-refractivity contribution >= 4 is 24.2 Å². The van der Waals surface area contributed by atoms with Crippen LogP contribution in [0.5, 0.6) is 0 Å². The van der Waals surface area contributed by atoms with E-state index in [2.05, 4.69) is 10.6 Å². The van der Waals surface area contributed by atoms with Crippen molar-refractivity contribution in [2.24, 2.45) is 17.1 Å². The highest BCUT2D eigenvalue weighted by Crippen LogP contribution is 2.11. The Labute approximate surface area is 116 Å². The SMILES string of the molecule is CC(N)C(C)C(=O)NCCNC(=O)C(C)(C)C.Cl. The van der Waals surface area contributed by atoms with Gasteiger partial charge >= 0.3 is 0 Å². The molecule has 2 atom stereocenters. The first-order valence-corrected chi connectivity index (χ1v) is 5.98. The molecule has 6 heteroatoms. The van der Waals surface area contributed by atoms with Gasteiger partial charge in [-0.1, -0.05) is 27.7 Å². The van der Waals surface area contributed by atoms with Crippen molar-refractivity contribution in [2.75, 3.05) is 13.1 Å². The molecule has 0 bridgehead atoms. The van der Waals surface area contributed by atoms with Gasteiger partial charge in [-0.25, -0.2) is 0 Å². The number of hydrogen-bond donors (Lipinski definition) is 3. The Balaban J connectivity index is 0. The average molecular weight is 280 g/mol. The predicted molar refractivity (Wildman–Crippen MR) is 75.5 cm³/mol. The molecule has 108 valence electrons. The molecule has 0 saturated carbocycles. The van der Waals surface area contributed by atoms with E-state index in [1.54, 1.807) is 13.8 Å². The zero-order valence-electron chi connectivity index (χ0n) is 11.9. The Bertz CT molecular complexity index is 275. The zero-order chi connectivity index (χ0) is 13.6. The van der Waals surface area contributed by atoms with Crippen LogP contribution >= 0.6 is 12.4 Å².